The zero-order valence-corrected chi connectivity index (χ0v) is 23.0. The quantitative estimate of drug-likeness (QED) is 0.320. The van der Waals surface area contributed by atoms with Gasteiger partial charge in [-0.3, -0.25) is 9.59 Å². The maximum atomic E-state index is 13.5. The van der Waals surface area contributed by atoms with Crippen LogP contribution in [0.2, 0.25) is 28.3 Å². The Labute approximate surface area is 216 Å². The van der Waals surface area contributed by atoms with Gasteiger partial charge in [0, 0.05) is 29.1 Å². The van der Waals surface area contributed by atoms with Crippen LogP contribution in [0.3, 0.4) is 0 Å². The first-order valence-corrected chi connectivity index (χ1v) is 15.2. The molecular formula is C25H30Cl2N4O3Si. The summed E-state index contributed by atoms with van der Waals surface area (Å²) in [5.41, 5.74) is 2.74. The summed E-state index contributed by atoms with van der Waals surface area (Å²) in [5.74, 6) is -0.557. The van der Waals surface area contributed by atoms with Gasteiger partial charge in [0.15, 0.2) is 8.32 Å². The van der Waals surface area contributed by atoms with E-state index in [-0.39, 0.29) is 16.9 Å². The highest BCUT2D eigenvalue weighted by Gasteiger charge is 2.38. The van der Waals surface area contributed by atoms with E-state index in [1.54, 1.807) is 35.4 Å². The second-order valence-electron chi connectivity index (χ2n) is 10.4. The Bertz CT molecular complexity index is 1290. The van der Waals surface area contributed by atoms with E-state index in [0.717, 1.165) is 16.6 Å². The van der Waals surface area contributed by atoms with E-state index < -0.39 is 14.4 Å². The minimum absolute atomic E-state index is 0.0654. The highest BCUT2D eigenvalue weighted by atomic mass is 35.5. The van der Waals surface area contributed by atoms with Gasteiger partial charge in [-0.25, -0.2) is 4.98 Å². The van der Waals surface area contributed by atoms with Crippen molar-refractivity contribution in [2.75, 3.05) is 18.1 Å². The summed E-state index contributed by atoms with van der Waals surface area (Å²) < 4.78 is 6.32. The summed E-state index contributed by atoms with van der Waals surface area (Å²) >= 11 is 12.2. The number of anilines is 1. The first-order chi connectivity index (χ1) is 16.4. The van der Waals surface area contributed by atoms with Gasteiger partial charge in [-0.15, -0.1) is 0 Å². The third-order valence-corrected chi connectivity index (χ3v) is 11.9. The molecule has 0 radical (unpaired) electrons. The highest BCUT2D eigenvalue weighted by Crippen LogP contribution is 2.37. The lowest BCUT2D eigenvalue weighted by molar-refractivity contribution is -0.120. The zero-order chi connectivity index (χ0) is 25.5. The number of hydrogen-bond acceptors (Lipinski definition) is 4. The van der Waals surface area contributed by atoms with Crippen molar-refractivity contribution in [3.05, 3.63) is 58.0 Å². The fourth-order valence-corrected chi connectivity index (χ4v) is 5.26. The van der Waals surface area contributed by atoms with Crippen molar-refractivity contribution < 1.29 is 14.0 Å². The first kappa shape index (κ1) is 25.7. The number of fused-ring (bicyclic) bond motifs is 2. The number of pyridine rings is 1. The molecular weight excluding hydrogens is 503 g/mol. The Kier molecular flexibility index (Phi) is 7.03. The number of benzene rings is 1. The molecule has 1 aromatic carbocycles. The van der Waals surface area contributed by atoms with E-state index in [1.165, 1.54) is 0 Å². The van der Waals surface area contributed by atoms with Crippen molar-refractivity contribution in [3.8, 4) is 0 Å². The first-order valence-electron chi connectivity index (χ1n) is 11.5. The number of carbonyl (C=O) groups is 2. The molecule has 2 amide bonds. The summed E-state index contributed by atoms with van der Waals surface area (Å²) in [4.78, 5) is 35.3. The Morgan fingerprint density at radius 3 is 2.71 bits per heavy atom. The Morgan fingerprint density at radius 1 is 1.26 bits per heavy atom. The second kappa shape index (κ2) is 9.58. The topological polar surface area (TPSA) is 87.3 Å². The number of H-pyrrole nitrogens is 1. The Hall–Kier alpha value is -2.39. The van der Waals surface area contributed by atoms with Crippen LogP contribution in [0.25, 0.3) is 10.9 Å². The summed E-state index contributed by atoms with van der Waals surface area (Å²) in [6.45, 7) is 11.7. The Balaban J connectivity index is 1.54. The number of carbonyl (C=O) groups excluding carboxylic acids is 2. The number of aromatic amines is 1. The van der Waals surface area contributed by atoms with Crippen LogP contribution in [0.5, 0.6) is 0 Å². The van der Waals surface area contributed by atoms with E-state index in [9.17, 15) is 9.59 Å². The van der Waals surface area contributed by atoms with Crippen LogP contribution < -0.4 is 10.2 Å². The second-order valence-corrected chi connectivity index (χ2v) is 16.0. The minimum Gasteiger partial charge on any atom is -0.415 e. The Morgan fingerprint density at radius 2 is 2.00 bits per heavy atom. The SMILES string of the molecule is CC(C)(C)[Si](C)(C)OCCN1C(=O)C(NC(=O)c2cc3cc(Cl)ncc3[nH]2)Cc2ccc(Cl)cc21. The highest BCUT2D eigenvalue weighted by molar-refractivity contribution is 6.74. The summed E-state index contributed by atoms with van der Waals surface area (Å²) in [6, 6.07) is 8.17. The molecule has 0 fully saturated rings. The van der Waals surface area contributed by atoms with Crippen LogP contribution in [-0.4, -0.2) is 49.3 Å². The van der Waals surface area contributed by atoms with Gasteiger partial charge in [-0.05, 0) is 48.0 Å². The van der Waals surface area contributed by atoms with Crippen molar-refractivity contribution >= 4 is 59.9 Å². The summed E-state index contributed by atoms with van der Waals surface area (Å²) in [7, 11) is -1.97. The third-order valence-electron chi connectivity index (χ3n) is 6.93. The minimum atomic E-state index is -1.97. The number of aromatic nitrogens is 2. The van der Waals surface area contributed by atoms with Crippen molar-refractivity contribution in [1.82, 2.24) is 15.3 Å². The third kappa shape index (κ3) is 5.40. The van der Waals surface area contributed by atoms with Crippen LogP contribution in [0, 0.1) is 0 Å². The maximum Gasteiger partial charge on any atom is 0.268 e. The molecule has 0 saturated carbocycles. The predicted octanol–water partition coefficient (Wildman–Crippen LogP) is 5.58. The lowest BCUT2D eigenvalue weighted by Gasteiger charge is -2.38. The molecule has 1 aliphatic rings. The molecule has 10 heteroatoms. The average molecular weight is 534 g/mol. The van der Waals surface area contributed by atoms with Crippen molar-refractivity contribution in [2.45, 2.75) is 51.4 Å². The summed E-state index contributed by atoms with van der Waals surface area (Å²) in [5, 5.41) is 4.63. The molecule has 0 spiro atoms. The van der Waals surface area contributed by atoms with E-state index >= 15 is 0 Å². The fraction of sp³-hybridized carbons (Fsp3) is 0.400. The van der Waals surface area contributed by atoms with Crippen LogP contribution in [0.15, 0.2) is 36.5 Å². The monoisotopic (exact) mass is 532 g/mol. The van der Waals surface area contributed by atoms with Gasteiger partial charge in [0.25, 0.3) is 5.91 Å². The molecule has 1 aliphatic heterocycles. The number of halogens is 2. The van der Waals surface area contributed by atoms with E-state index in [4.69, 9.17) is 27.6 Å². The van der Waals surface area contributed by atoms with Gasteiger partial charge in [-0.1, -0.05) is 50.0 Å². The smallest absolute Gasteiger partial charge is 0.268 e. The van der Waals surface area contributed by atoms with Crippen LogP contribution in [-0.2, 0) is 15.6 Å². The fourth-order valence-electron chi connectivity index (χ4n) is 3.89. The molecule has 0 bridgehead atoms. The molecule has 0 aliphatic carbocycles. The lowest BCUT2D eigenvalue weighted by Crippen LogP contribution is -2.54. The van der Waals surface area contributed by atoms with Crippen LogP contribution in [0.1, 0.15) is 36.8 Å². The van der Waals surface area contributed by atoms with Gasteiger partial charge in [0.05, 0.1) is 18.3 Å². The molecule has 1 atom stereocenters. The molecule has 2 aromatic heterocycles. The molecule has 35 heavy (non-hydrogen) atoms. The molecule has 3 aromatic rings. The molecule has 7 nitrogen and oxygen atoms in total. The largest absolute Gasteiger partial charge is 0.415 e. The van der Waals surface area contributed by atoms with Gasteiger partial charge in [0.2, 0.25) is 5.91 Å². The van der Waals surface area contributed by atoms with E-state index in [1.807, 2.05) is 6.07 Å². The number of nitrogens with zero attached hydrogens (tertiary/aromatic N) is 2. The molecule has 4 rings (SSSR count). The molecule has 3 heterocycles. The lowest BCUT2D eigenvalue weighted by atomic mass is 9.97. The van der Waals surface area contributed by atoms with Crippen LogP contribution in [0.4, 0.5) is 5.69 Å². The zero-order valence-electron chi connectivity index (χ0n) is 20.5. The van der Waals surface area contributed by atoms with Gasteiger partial charge in [0.1, 0.15) is 16.9 Å². The number of rotatable bonds is 6. The molecule has 0 saturated heterocycles. The van der Waals surface area contributed by atoms with Crippen molar-refractivity contribution in [3.63, 3.8) is 0 Å². The normalized spacial score (nSPS) is 16.5. The summed E-state index contributed by atoms with van der Waals surface area (Å²) in [6.07, 6.45) is 1.95. The molecule has 2 N–H and O–H groups in total. The predicted molar refractivity (Wildman–Crippen MR) is 143 cm³/mol. The molecule has 186 valence electrons. The average Bonchev–Trinajstić information content (AvgIpc) is 3.19. The van der Waals surface area contributed by atoms with Crippen molar-refractivity contribution in [1.29, 1.82) is 0 Å². The van der Waals surface area contributed by atoms with Gasteiger partial charge >= 0.3 is 0 Å². The standard InChI is InChI=1S/C25H30Cl2N4O3Si/c1-25(2,3)35(4,5)34-9-8-31-21-13-17(26)7-6-15(21)10-19(24(31)33)30-23(32)18-11-16-12-22(27)28-14-20(16)29-18/h6-7,11-14,19,29H,8-10H2,1-5H3,(H,30,32). The van der Waals surface area contributed by atoms with Gasteiger partial charge < -0.3 is 19.6 Å². The van der Waals surface area contributed by atoms with E-state index in [0.29, 0.717) is 41.0 Å². The van der Waals surface area contributed by atoms with E-state index in [2.05, 4.69) is 49.1 Å². The number of amides is 2. The number of hydrogen-bond donors (Lipinski definition) is 2. The van der Waals surface area contributed by atoms with Crippen LogP contribution >= 0.6 is 23.2 Å². The maximum absolute atomic E-state index is 13.5. The number of nitrogens with one attached hydrogen (secondary N) is 2. The van der Waals surface area contributed by atoms with Crippen molar-refractivity contribution in [2.24, 2.45) is 0 Å². The molecule has 1 unspecified atom stereocenters. The van der Waals surface area contributed by atoms with Gasteiger partial charge in [-0.2, -0.15) is 0 Å².